The van der Waals surface area contributed by atoms with Gasteiger partial charge < -0.3 is 5.73 Å². The minimum absolute atomic E-state index is 0.283. The summed E-state index contributed by atoms with van der Waals surface area (Å²) in [6.45, 7) is 0. The molecule has 0 heterocycles. The van der Waals surface area contributed by atoms with Crippen LogP contribution in [0.25, 0.3) is 0 Å². The molecule has 1 amide bonds. The summed E-state index contributed by atoms with van der Waals surface area (Å²) in [7, 11) is 0. The molecule has 0 aliphatic carbocycles. The van der Waals surface area contributed by atoms with E-state index in [1.165, 1.54) is 22.9 Å². The molecule has 2 N–H and O–H groups in total. The number of carbonyl (C=O) groups excluding carboxylic acids is 1. The zero-order chi connectivity index (χ0) is 12.8. The van der Waals surface area contributed by atoms with E-state index in [-0.39, 0.29) is 5.91 Å². The summed E-state index contributed by atoms with van der Waals surface area (Å²) in [5.41, 5.74) is 7.68. The maximum Gasteiger partial charge on any atom is 0.227 e. The van der Waals surface area contributed by atoms with Crippen molar-refractivity contribution in [2.24, 2.45) is 5.73 Å². The molecule has 0 unspecified atom stereocenters. The van der Waals surface area contributed by atoms with Crippen molar-refractivity contribution in [2.75, 3.05) is 5.75 Å². The molecule has 18 heavy (non-hydrogen) atoms. The maximum absolute atomic E-state index is 10.8. The van der Waals surface area contributed by atoms with Crippen molar-refractivity contribution in [3.8, 4) is 0 Å². The molecule has 0 radical (unpaired) electrons. The van der Waals surface area contributed by atoms with Gasteiger partial charge in [0.15, 0.2) is 0 Å². The van der Waals surface area contributed by atoms with E-state index in [9.17, 15) is 4.79 Å². The predicted octanol–water partition coefficient (Wildman–Crippen LogP) is 2.85. The van der Waals surface area contributed by atoms with E-state index < -0.39 is 0 Å². The highest BCUT2D eigenvalue weighted by molar-refractivity contribution is 8.00. The number of rotatable bonds is 5. The number of nitrogens with two attached hydrogens (primary N) is 1. The van der Waals surface area contributed by atoms with Crippen molar-refractivity contribution in [2.45, 2.75) is 11.3 Å². The minimum atomic E-state index is -0.283. The molecule has 0 aliphatic heterocycles. The average molecular weight is 257 g/mol. The Morgan fingerprint density at radius 2 is 1.67 bits per heavy atom. The Morgan fingerprint density at radius 3 is 2.39 bits per heavy atom. The second kappa shape index (κ2) is 6.26. The fourth-order valence-corrected chi connectivity index (χ4v) is 2.55. The van der Waals surface area contributed by atoms with Crippen LogP contribution in [0.4, 0.5) is 0 Å². The first kappa shape index (κ1) is 12.7. The molecule has 0 spiro atoms. The molecule has 3 heteroatoms. The van der Waals surface area contributed by atoms with Gasteiger partial charge in [-0.2, -0.15) is 0 Å². The van der Waals surface area contributed by atoms with Crippen LogP contribution < -0.4 is 5.73 Å². The number of hydrogen-bond acceptors (Lipinski definition) is 2. The van der Waals surface area contributed by atoms with Crippen LogP contribution in [-0.2, 0) is 11.2 Å². The molecular formula is C15H15NOS. The molecule has 0 bridgehead atoms. The Balaban J connectivity index is 2.14. The third kappa shape index (κ3) is 3.64. The van der Waals surface area contributed by atoms with E-state index in [1.54, 1.807) is 0 Å². The van der Waals surface area contributed by atoms with E-state index in [1.807, 2.05) is 36.4 Å². The summed E-state index contributed by atoms with van der Waals surface area (Å²) in [5, 5.41) is 0. The van der Waals surface area contributed by atoms with Gasteiger partial charge >= 0.3 is 0 Å². The van der Waals surface area contributed by atoms with E-state index in [0.717, 1.165) is 11.3 Å². The van der Waals surface area contributed by atoms with Crippen LogP contribution in [0.15, 0.2) is 59.5 Å². The highest BCUT2D eigenvalue weighted by Gasteiger charge is 2.05. The van der Waals surface area contributed by atoms with Gasteiger partial charge in [-0.3, -0.25) is 4.79 Å². The molecule has 0 saturated carbocycles. The maximum atomic E-state index is 10.8. The lowest BCUT2D eigenvalue weighted by Crippen LogP contribution is -2.13. The first-order valence-electron chi connectivity index (χ1n) is 5.78. The highest BCUT2D eigenvalue weighted by Crippen LogP contribution is 2.24. The first-order valence-corrected chi connectivity index (χ1v) is 6.77. The predicted molar refractivity (Wildman–Crippen MR) is 75.6 cm³/mol. The topological polar surface area (TPSA) is 43.1 Å². The zero-order valence-electron chi connectivity index (χ0n) is 10.0. The summed E-state index contributed by atoms with van der Waals surface area (Å²) < 4.78 is 0. The number of primary amides is 1. The van der Waals surface area contributed by atoms with E-state index >= 15 is 0 Å². The van der Waals surface area contributed by atoms with Gasteiger partial charge in [-0.15, -0.1) is 11.8 Å². The monoisotopic (exact) mass is 257 g/mol. The summed E-state index contributed by atoms with van der Waals surface area (Å²) in [4.78, 5) is 12.0. The molecule has 0 saturated heterocycles. The van der Waals surface area contributed by atoms with Crippen molar-refractivity contribution in [3.63, 3.8) is 0 Å². The van der Waals surface area contributed by atoms with Crippen LogP contribution in [-0.4, -0.2) is 11.7 Å². The lowest BCUT2D eigenvalue weighted by molar-refractivity contribution is -0.115. The van der Waals surface area contributed by atoms with Crippen molar-refractivity contribution >= 4 is 17.7 Å². The van der Waals surface area contributed by atoms with Crippen LogP contribution in [0.1, 0.15) is 11.1 Å². The van der Waals surface area contributed by atoms with Crippen LogP contribution in [0.3, 0.4) is 0 Å². The van der Waals surface area contributed by atoms with E-state index in [4.69, 9.17) is 5.73 Å². The number of hydrogen-bond donors (Lipinski definition) is 1. The first-order chi connectivity index (χ1) is 8.75. The molecule has 2 aromatic rings. The van der Waals surface area contributed by atoms with Gasteiger partial charge in [-0.25, -0.2) is 0 Å². The van der Waals surface area contributed by atoms with Crippen molar-refractivity contribution < 1.29 is 4.79 Å². The summed E-state index contributed by atoms with van der Waals surface area (Å²) >= 11 is 1.50. The molecule has 92 valence electrons. The van der Waals surface area contributed by atoms with Gasteiger partial charge in [0.25, 0.3) is 0 Å². The van der Waals surface area contributed by atoms with Crippen molar-refractivity contribution in [1.29, 1.82) is 0 Å². The molecule has 0 aromatic heterocycles. The van der Waals surface area contributed by atoms with Gasteiger partial charge in [0.2, 0.25) is 5.91 Å². The number of carbonyl (C=O) groups is 1. The largest absolute Gasteiger partial charge is 0.369 e. The number of benzene rings is 2. The molecular weight excluding hydrogens is 242 g/mol. The minimum Gasteiger partial charge on any atom is -0.369 e. The third-order valence-electron chi connectivity index (χ3n) is 2.58. The molecule has 2 aromatic carbocycles. The van der Waals surface area contributed by atoms with Crippen LogP contribution in [0, 0.1) is 0 Å². The van der Waals surface area contributed by atoms with Crippen LogP contribution in [0.2, 0.25) is 0 Å². The molecule has 0 atom stereocenters. The molecule has 2 rings (SSSR count). The van der Waals surface area contributed by atoms with Gasteiger partial charge in [0.05, 0.1) is 5.75 Å². The average Bonchev–Trinajstić information content (AvgIpc) is 2.39. The number of thioether (sulfide) groups is 1. The quantitative estimate of drug-likeness (QED) is 0.837. The summed E-state index contributed by atoms with van der Waals surface area (Å²) in [5.74, 6) is 0.0423. The third-order valence-corrected chi connectivity index (χ3v) is 3.72. The molecule has 0 aliphatic rings. The standard InChI is InChI=1S/C15H15NOS/c16-15(17)11-18-14-9-5-4-8-13(14)10-12-6-2-1-3-7-12/h1-9H,10-11H2,(H2,16,17). The Bertz CT molecular complexity index is 525. The van der Waals surface area contributed by atoms with E-state index in [0.29, 0.717) is 5.75 Å². The fourth-order valence-electron chi connectivity index (χ4n) is 1.76. The van der Waals surface area contributed by atoms with Crippen LogP contribution >= 0.6 is 11.8 Å². The Hall–Kier alpha value is -1.74. The van der Waals surface area contributed by atoms with Crippen LogP contribution in [0.5, 0.6) is 0 Å². The highest BCUT2D eigenvalue weighted by atomic mass is 32.2. The Labute approximate surface area is 111 Å². The summed E-state index contributed by atoms with van der Waals surface area (Å²) in [6, 6.07) is 18.4. The van der Waals surface area contributed by atoms with Gasteiger partial charge in [-0.1, -0.05) is 48.5 Å². The number of amides is 1. The summed E-state index contributed by atoms with van der Waals surface area (Å²) in [6.07, 6.45) is 0.878. The Morgan fingerprint density at radius 1 is 1.00 bits per heavy atom. The Kier molecular flexibility index (Phi) is 4.42. The molecule has 0 fully saturated rings. The van der Waals surface area contributed by atoms with Crippen molar-refractivity contribution in [1.82, 2.24) is 0 Å². The zero-order valence-corrected chi connectivity index (χ0v) is 10.8. The van der Waals surface area contributed by atoms with E-state index in [2.05, 4.69) is 18.2 Å². The lowest BCUT2D eigenvalue weighted by Gasteiger charge is -2.08. The second-order valence-electron chi connectivity index (χ2n) is 4.03. The van der Waals surface area contributed by atoms with Gasteiger partial charge in [-0.05, 0) is 23.6 Å². The van der Waals surface area contributed by atoms with Gasteiger partial charge in [0.1, 0.15) is 0 Å². The van der Waals surface area contributed by atoms with Gasteiger partial charge in [0, 0.05) is 4.90 Å². The smallest absolute Gasteiger partial charge is 0.227 e. The SMILES string of the molecule is NC(=O)CSc1ccccc1Cc1ccccc1. The second-order valence-corrected chi connectivity index (χ2v) is 5.04. The fraction of sp³-hybridized carbons (Fsp3) is 0.133. The normalized spacial score (nSPS) is 10.2. The molecule has 2 nitrogen and oxygen atoms in total. The lowest BCUT2D eigenvalue weighted by atomic mass is 10.1. The van der Waals surface area contributed by atoms with Crippen molar-refractivity contribution in [3.05, 3.63) is 65.7 Å².